The van der Waals surface area contributed by atoms with Crippen molar-refractivity contribution in [1.29, 1.82) is 0 Å². The summed E-state index contributed by atoms with van der Waals surface area (Å²) >= 11 is 0. The van der Waals surface area contributed by atoms with Crippen molar-refractivity contribution in [3.05, 3.63) is 65.7 Å². The minimum absolute atomic E-state index is 0.0558. The maximum atomic E-state index is 12.3. The Balaban J connectivity index is 1.76. The van der Waals surface area contributed by atoms with Crippen LogP contribution in [-0.4, -0.2) is 24.7 Å². The number of fused-ring (bicyclic) bond motifs is 3. The predicted molar refractivity (Wildman–Crippen MR) is 104 cm³/mol. The fraction of sp³-hybridized carbons (Fsp3) is 0.318. The lowest BCUT2D eigenvalue weighted by Crippen LogP contribution is -2.58. The smallest absolute Gasteiger partial charge is 0.241 e. The van der Waals surface area contributed by atoms with Crippen LogP contribution in [0.3, 0.4) is 0 Å². The average molecular weight is 348 g/mol. The molecule has 2 heterocycles. The topological polar surface area (TPSA) is 41.6 Å². The van der Waals surface area contributed by atoms with Crippen LogP contribution >= 0.6 is 0 Å². The third-order valence-electron chi connectivity index (χ3n) is 5.56. The van der Waals surface area contributed by atoms with Crippen LogP contribution < -0.4 is 15.0 Å². The Kier molecular flexibility index (Phi) is 3.79. The number of hydrogen-bond donors (Lipinski definition) is 1. The molecular weight excluding hydrogens is 324 g/mol. The average Bonchev–Trinajstić information content (AvgIpc) is 3.06. The number of nitrogens with zero attached hydrogens (tertiary/aromatic N) is 1. The Morgan fingerprint density at radius 2 is 2.00 bits per heavy atom. The van der Waals surface area contributed by atoms with Crippen molar-refractivity contribution in [3.63, 3.8) is 0 Å². The van der Waals surface area contributed by atoms with Gasteiger partial charge in [-0.3, -0.25) is 4.79 Å². The highest BCUT2D eigenvalue weighted by molar-refractivity contribution is 5.91. The number of nitrogens with one attached hydrogen (secondary N) is 1. The van der Waals surface area contributed by atoms with Gasteiger partial charge in [-0.25, -0.2) is 0 Å². The second-order valence-electron chi connectivity index (χ2n) is 7.38. The number of carbonyl (C=O) groups excluding carboxylic acids is 1. The van der Waals surface area contributed by atoms with E-state index in [1.807, 2.05) is 37.3 Å². The normalized spacial score (nSPS) is 23.0. The summed E-state index contributed by atoms with van der Waals surface area (Å²) in [5.74, 6) is 0.911. The monoisotopic (exact) mass is 348 g/mol. The molecule has 1 N–H and O–H groups in total. The van der Waals surface area contributed by atoms with Gasteiger partial charge in [0.1, 0.15) is 11.4 Å². The number of hydrogen-bond acceptors (Lipinski definition) is 3. The maximum Gasteiger partial charge on any atom is 0.241 e. The number of anilines is 1. The van der Waals surface area contributed by atoms with E-state index in [1.165, 1.54) is 5.56 Å². The molecule has 26 heavy (non-hydrogen) atoms. The first-order valence-corrected chi connectivity index (χ1v) is 9.08. The molecule has 0 radical (unpaired) electrons. The number of amides is 1. The fourth-order valence-electron chi connectivity index (χ4n) is 4.23. The summed E-state index contributed by atoms with van der Waals surface area (Å²) in [5, 5.41) is 3.25. The Hall–Kier alpha value is -2.75. The van der Waals surface area contributed by atoms with Crippen LogP contribution in [0.1, 0.15) is 31.9 Å². The molecule has 0 spiro atoms. The van der Waals surface area contributed by atoms with Crippen molar-refractivity contribution in [2.75, 3.05) is 18.1 Å². The molecule has 4 rings (SSSR count). The third kappa shape index (κ3) is 2.32. The molecule has 1 atom stereocenters. The first-order chi connectivity index (χ1) is 12.5. The van der Waals surface area contributed by atoms with E-state index < -0.39 is 5.66 Å². The Morgan fingerprint density at radius 3 is 2.81 bits per heavy atom. The Morgan fingerprint density at radius 1 is 1.19 bits per heavy atom. The van der Waals surface area contributed by atoms with Crippen LogP contribution in [0.15, 0.2) is 54.6 Å². The highest BCUT2D eigenvalue weighted by atomic mass is 16.5. The molecule has 0 bridgehead atoms. The van der Waals surface area contributed by atoms with E-state index in [4.69, 9.17) is 4.74 Å². The first-order valence-electron chi connectivity index (χ1n) is 9.08. The molecule has 0 unspecified atom stereocenters. The van der Waals surface area contributed by atoms with Crippen LogP contribution in [0.4, 0.5) is 5.69 Å². The maximum absolute atomic E-state index is 12.3. The molecule has 2 aliphatic rings. The zero-order valence-corrected chi connectivity index (χ0v) is 15.5. The van der Waals surface area contributed by atoms with Gasteiger partial charge in [0.2, 0.25) is 5.91 Å². The number of benzene rings is 2. The van der Waals surface area contributed by atoms with Crippen LogP contribution in [0.25, 0.3) is 6.08 Å². The van der Waals surface area contributed by atoms with Gasteiger partial charge < -0.3 is 15.0 Å². The van der Waals surface area contributed by atoms with Crippen molar-refractivity contribution in [3.8, 4) is 5.75 Å². The van der Waals surface area contributed by atoms with Crippen molar-refractivity contribution in [1.82, 2.24) is 5.32 Å². The van der Waals surface area contributed by atoms with E-state index in [2.05, 4.69) is 54.4 Å². The highest BCUT2D eigenvalue weighted by Gasteiger charge is 2.59. The molecule has 4 nitrogen and oxygen atoms in total. The molecule has 0 saturated carbocycles. The zero-order chi connectivity index (χ0) is 18.4. The van der Waals surface area contributed by atoms with Gasteiger partial charge in [-0.2, -0.15) is 0 Å². The lowest BCUT2D eigenvalue weighted by Gasteiger charge is -2.40. The Labute approximate surface area is 154 Å². The molecule has 2 aromatic rings. The van der Waals surface area contributed by atoms with E-state index >= 15 is 0 Å². The standard InChI is InChI=1S/C22H24N2O2/c1-4-26-17-9-7-8-16(14-17)12-13-22-21(2,3)18-10-5-6-11-19(18)24(22)15-20(25)23-22/h5-14H,4,15H2,1-3H3,(H,23,25)/t22-/m1/s1. The summed E-state index contributed by atoms with van der Waals surface area (Å²) in [6.07, 6.45) is 4.21. The van der Waals surface area contributed by atoms with Crippen LogP contribution in [-0.2, 0) is 10.2 Å². The second-order valence-corrected chi connectivity index (χ2v) is 7.38. The molecule has 2 aromatic carbocycles. The molecular formula is C22H24N2O2. The summed E-state index contributed by atoms with van der Waals surface area (Å²) in [5.41, 5.74) is 2.63. The minimum Gasteiger partial charge on any atom is -0.494 e. The van der Waals surface area contributed by atoms with E-state index in [9.17, 15) is 4.79 Å². The number of para-hydroxylation sites is 1. The lowest BCUT2D eigenvalue weighted by atomic mass is 9.75. The van der Waals surface area contributed by atoms with E-state index in [-0.39, 0.29) is 11.3 Å². The quantitative estimate of drug-likeness (QED) is 0.915. The third-order valence-corrected chi connectivity index (χ3v) is 5.56. The molecule has 0 aliphatic carbocycles. The molecule has 1 amide bonds. The summed E-state index contributed by atoms with van der Waals surface area (Å²) in [6.45, 7) is 7.38. The molecule has 4 heteroatoms. The van der Waals surface area contributed by atoms with E-state index in [0.29, 0.717) is 13.2 Å². The van der Waals surface area contributed by atoms with Crippen molar-refractivity contribution in [2.45, 2.75) is 31.8 Å². The predicted octanol–water partition coefficient (Wildman–Crippen LogP) is 3.72. The Bertz CT molecular complexity index is 887. The van der Waals surface area contributed by atoms with Crippen molar-refractivity contribution < 1.29 is 9.53 Å². The molecule has 0 aromatic heterocycles. The van der Waals surface area contributed by atoms with Crippen molar-refractivity contribution >= 4 is 17.7 Å². The lowest BCUT2D eigenvalue weighted by molar-refractivity contribution is -0.118. The zero-order valence-electron chi connectivity index (χ0n) is 15.5. The second kappa shape index (κ2) is 5.90. The van der Waals surface area contributed by atoms with Gasteiger partial charge in [0.25, 0.3) is 0 Å². The van der Waals surface area contributed by atoms with Crippen molar-refractivity contribution in [2.24, 2.45) is 0 Å². The summed E-state index contributed by atoms with van der Waals surface area (Å²) in [6, 6.07) is 16.4. The van der Waals surface area contributed by atoms with Gasteiger partial charge in [0, 0.05) is 11.1 Å². The number of ether oxygens (including phenoxy) is 1. The molecule has 134 valence electrons. The van der Waals surface area contributed by atoms with Gasteiger partial charge >= 0.3 is 0 Å². The van der Waals surface area contributed by atoms with Gasteiger partial charge in [-0.05, 0) is 42.3 Å². The SMILES string of the molecule is CCOc1cccc(C=C[C@@]23NC(=O)CN2c2ccccc2C3(C)C)c1. The van der Waals surface area contributed by atoms with E-state index in [0.717, 1.165) is 17.0 Å². The number of rotatable bonds is 4. The molecule has 1 saturated heterocycles. The molecule has 1 fully saturated rings. The van der Waals surface area contributed by atoms with Gasteiger partial charge in [0.15, 0.2) is 0 Å². The summed E-state index contributed by atoms with van der Waals surface area (Å²) in [7, 11) is 0. The summed E-state index contributed by atoms with van der Waals surface area (Å²) in [4.78, 5) is 14.5. The number of carbonyl (C=O) groups is 1. The van der Waals surface area contributed by atoms with Crippen LogP contribution in [0.5, 0.6) is 5.75 Å². The van der Waals surface area contributed by atoms with Gasteiger partial charge in [0.05, 0.1) is 13.2 Å². The van der Waals surface area contributed by atoms with E-state index in [1.54, 1.807) is 0 Å². The molecule has 2 aliphatic heterocycles. The largest absolute Gasteiger partial charge is 0.494 e. The van der Waals surface area contributed by atoms with Crippen LogP contribution in [0, 0.1) is 0 Å². The van der Waals surface area contributed by atoms with Gasteiger partial charge in [-0.15, -0.1) is 0 Å². The highest BCUT2D eigenvalue weighted by Crippen LogP contribution is 2.52. The fourth-order valence-corrected chi connectivity index (χ4v) is 4.23. The first kappa shape index (κ1) is 16.7. The van der Waals surface area contributed by atoms with Crippen LogP contribution in [0.2, 0.25) is 0 Å². The minimum atomic E-state index is -0.560. The summed E-state index contributed by atoms with van der Waals surface area (Å²) < 4.78 is 5.60. The van der Waals surface area contributed by atoms with Gasteiger partial charge in [-0.1, -0.05) is 50.3 Å².